The quantitative estimate of drug-likeness (QED) is 0.682. The zero-order valence-electron chi connectivity index (χ0n) is 10.6. The van der Waals surface area contributed by atoms with Crippen LogP contribution in [0.2, 0.25) is 0 Å². The molecule has 0 spiro atoms. The molecule has 4 saturated carbocycles. The highest BCUT2D eigenvalue weighted by molar-refractivity contribution is 5.80. The van der Waals surface area contributed by atoms with E-state index in [0.717, 1.165) is 36.8 Å². The Kier molecular flexibility index (Phi) is 2.28. The molecule has 0 N–H and O–H groups in total. The lowest BCUT2D eigenvalue weighted by Gasteiger charge is -2.54. The number of hydrogen-bond donors (Lipinski definition) is 0. The number of nitrogens with zero attached hydrogens (tertiary/aromatic N) is 1. The summed E-state index contributed by atoms with van der Waals surface area (Å²) in [7, 11) is 0. The first-order valence-electron chi connectivity index (χ1n) is 7.60. The number of rotatable bonds is 1. The van der Waals surface area contributed by atoms with Crippen LogP contribution in [0.15, 0.2) is 0 Å². The maximum absolute atomic E-state index is 12.7. The highest BCUT2D eigenvalue weighted by Crippen LogP contribution is 2.56. The minimum Gasteiger partial charge on any atom is -0.342 e. The SMILES string of the molecule is O=C(C1C2CC3CC(C2)CC1C3)N1CCCC1. The average Bonchev–Trinajstić information content (AvgIpc) is 2.80. The van der Waals surface area contributed by atoms with Crippen LogP contribution in [-0.4, -0.2) is 23.9 Å². The molecule has 0 atom stereocenters. The summed E-state index contributed by atoms with van der Waals surface area (Å²) in [6, 6.07) is 0. The summed E-state index contributed by atoms with van der Waals surface area (Å²) in [5, 5.41) is 0. The van der Waals surface area contributed by atoms with Crippen LogP contribution in [0.1, 0.15) is 44.9 Å². The van der Waals surface area contributed by atoms with Crippen LogP contribution in [0.3, 0.4) is 0 Å². The van der Waals surface area contributed by atoms with E-state index in [9.17, 15) is 4.79 Å². The number of carbonyl (C=O) groups excluding carboxylic acids is 1. The Morgan fingerprint density at radius 1 is 0.824 bits per heavy atom. The van der Waals surface area contributed by atoms with Crippen LogP contribution < -0.4 is 0 Å². The molecule has 0 unspecified atom stereocenters. The van der Waals surface area contributed by atoms with Crippen molar-refractivity contribution < 1.29 is 4.79 Å². The van der Waals surface area contributed by atoms with Crippen molar-refractivity contribution in [3.8, 4) is 0 Å². The van der Waals surface area contributed by atoms with Gasteiger partial charge < -0.3 is 4.90 Å². The molecule has 1 aliphatic heterocycles. The average molecular weight is 233 g/mol. The third-order valence-corrected chi connectivity index (χ3v) is 5.93. The van der Waals surface area contributed by atoms with E-state index < -0.39 is 0 Å². The maximum atomic E-state index is 12.7. The second-order valence-electron chi connectivity index (χ2n) is 6.99. The second kappa shape index (κ2) is 3.73. The van der Waals surface area contributed by atoms with Crippen molar-refractivity contribution in [2.75, 3.05) is 13.1 Å². The van der Waals surface area contributed by atoms with Gasteiger partial charge in [0.15, 0.2) is 0 Å². The Labute approximate surface area is 104 Å². The van der Waals surface area contributed by atoms with Crippen molar-refractivity contribution in [2.45, 2.75) is 44.9 Å². The molecule has 5 fully saturated rings. The highest BCUT2D eigenvalue weighted by Gasteiger charge is 2.51. The fraction of sp³-hybridized carbons (Fsp3) is 0.933. The van der Waals surface area contributed by atoms with Gasteiger partial charge in [0.25, 0.3) is 0 Å². The lowest BCUT2D eigenvalue weighted by atomic mass is 9.51. The highest BCUT2D eigenvalue weighted by atomic mass is 16.2. The first-order valence-corrected chi connectivity index (χ1v) is 7.60. The standard InChI is InChI=1S/C15H23NO/c17-15(16-3-1-2-4-16)14-12-6-10-5-11(8-12)9-13(14)7-10/h10-14H,1-9H2. The van der Waals surface area contributed by atoms with Crippen LogP contribution >= 0.6 is 0 Å². The fourth-order valence-corrected chi connectivity index (χ4v) is 5.48. The maximum Gasteiger partial charge on any atom is 0.226 e. The third-order valence-electron chi connectivity index (χ3n) is 5.93. The van der Waals surface area contributed by atoms with Crippen molar-refractivity contribution >= 4 is 5.91 Å². The van der Waals surface area contributed by atoms with Crippen molar-refractivity contribution in [3.63, 3.8) is 0 Å². The van der Waals surface area contributed by atoms with E-state index >= 15 is 0 Å². The molecule has 0 aromatic carbocycles. The van der Waals surface area contributed by atoms with E-state index in [0.29, 0.717) is 11.8 Å². The minimum atomic E-state index is 0.431. The molecule has 94 valence electrons. The van der Waals surface area contributed by atoms with Crippen LogP contribution in [0.4, 0.5) is 0 Å². The van der Waals surface area contributed by atoms with Crippen molar-refractivity contribution in [1.29, 1.82) is 0 Å². The normalized spacial score (nSPS) is 47.8. The molecule has 1 saturated heterocycles. The van der Waals surface area contributed by atoms with Gasteiger partial charge >= 0.3 is 0 Å². The Balaban J connectivity index is 1.55. The van der Waals surface area contributed by atoms with Gasteiger partial charge in [-0.25, -0.2) is 0 Å². The molecular weight excluding hydrogens is 210 g/mol. The van der Waals surface area contributed by atoms with Crippen molar-refractivity contribution in [1.82, 2.24) is 4.90 Å². The number of amides is 1. The Bertz CT molecular complexity index is 304. The summed E-state index contributed by atoms with van der Waals surface area (Å²) in [6.45, 7) is 2.09. The van der Waals surface area contributed by atoms with Crippen LogP contribution in [0.5, 0.6) is 0 Å². The van der Waals surface area contributed by atoms with E-state index in [-0.39, 0.29) is 0 Å². The Morgan fingerprint density at radius 3 is 1.88 bits per heavy atom. The summed E-state index contributed by atoms with van der Waals surface area (Å²) in [5.41, 5.74) is 0. The van der Waals surface area contributed by atoms with Gasteiger partial charge in [-0.2, -0.15) is 0 Å². The van der Waals surface area contributed by atoms with Gasteiger partial charge in [-0.3, -0.25) is 4.79 Å². The van der Waals surface area contributed by atoms with Gasteiger partial charge in [-0.05, 0) is 68.6 Å². The van der Waals surface area contributed by atoms with E-state index in [2.05, 4.69) is 4.90 Å². The minimum absolute atomic E-state index is 0.431. The van der Waals surface area contributed by atoms with Crippen LogP contribution in [0.25, 0.3) is 0 Å². The topological polar surface area (TPSA) is 20.3 Å². The van der Waals surface area contributed by atoms with Gasteiger partial charge in [-0.1, -0.05) is 0 Å². The summed E-state index contributed by atoms with van der Waals surface area (Å²) >= 11 is 0. The monoisotopic (exact) mass is 233 g/mol. The predicted molar refractivity (Wildman–Crippen MR) is 66.3 cm³/mol. The van der Waals surface area contributed by atoms with E-state index in [1.54, 1.807) is 0 Å². The van der Waals surface area contributed by atoms with Gasteiger partial charge in [0, 0.05) is 19.0 Å². The summed E-state index contributed by atoms with van der Waals surface area (Å²) in [5.74, 6) is 4.47. The van der Waals surface area contributed by atoms with Gasteiger partial charge in [-0.15, -0.1) is 0 Å². The van der Waals surface area contributed by atoms with E-state index in [1.807, 2.05) is 0 Å². The summed E-state index contributed by atoms with van der Waals surface area (Å²) in [4.78, 5) is 14.8. The molecule has 1 heterocycles. The van der Waals surface area contributed by atoms with Gasteiger partial charge in [0.05, 0.1) is 0 Å². The molecule has 5 rings (SSSR count). The summed E-state index contributed by atoms with van der Waals surface area (Å²) < 4.78 is 0. The molecule has 2 nitrogen and oxygen atoms in total. The molecule has 5 aliphatic rings. The number of likely N-dealkylation sites (tertiary alicyclic amines) is 1. The second-order valence-corrected chi connectivity index (χ2v) is 6.99. The lowest BCUT2D eigenvalue weighted by Crippen LogP contribution is -2.51. The molecule has 0 aromatic heterocycles. The molecule has 2 heteroatoms. The Hall–Kier alpha value is -0.530. The van der Waals surface area contributed by atoms with Crippen LogP contribution in [0, 0.1) is 29.6 Å². The molecule has 4 bridgehead atoms. The predicted octanol–water partition coefficient (Wildman–Crippen LogP) is 2.68. The van der Waals surface area contributed by atoms with Crippen LogP contribution in [-0.2, 0) is 4.79 Å². The first kappa shape index (κ1) is 10.4. The summed E-state index contributed by atoms with van der Waals surface area (Å²) in [6.07, 6.45) is 9.44. The number of carbonyl (C=O) groups is 1. The zero-order valence-corrected chi connectivity index (χ0v) is 10.6. The van der Waals surface area contributed by atoms with Crippen molar-refractivity contribution in [2.24, 2.45) is 29.6 Å². The third kappa shape index (κ3) is 1.56. The smallest absolute Gasteiger partial charge is 0.226 e. The van der Waals surface area contributed by atoms with Gasteiger partial charge in [0.2, 0.25) is 5.91 Å². The first-order chi connectivity index (χ1) is 8.31. The van der Waals surface area contributed by atoms with E-state index in [1.165, 1.54) is 44.9 Å². The molecule has 0 aromatic rings. The molecule has 1 amide bonds. The lowest BCUT2D eigenvalue weighted by molar-refractivity contribution is -0.147. The van der Waals surface area contributed by atoms with E-state index in [4.69, 9.17) is 0 Å². The Morgan fingerprint density at radius 2 is 1.35 bits per heavy atom. The molecule has 4 aliphatic carbocycles. The molecule has 17 heavy (non-hydrogen) atoms. The molecular formula is C15H23NO. The fourth-order valence-electron chi connectivity index (χ4n) is 5.48. The molecule has 0 radical (unpaired) electrons. The number of hydrogen-bond acceptors (Lipinski definition) is 1. The van der Waals surface area contributed by atoms with Crippen molar-refractivity contribution in [3.05, 3.63) is 0 Å². The largest absolute Gasteiger partial charge is 0.342 e. The van der Waals surface area contributed by atoms with Gasteiger partial charge in [0.1, 0.15) is 0 Å². The zero-order chi connectivity index (χ0) is 11.4.